The fourth-order valence-corrected chi connectivity index (χ4v) is 1.25. The maximum Gasteiger partial charge on any atom is 0.274 e. The van der Waals surface area contributed by atoms with Crippen molar-refractivity contribution in [2.24, 2.45) is 0 Å². The van der Waals surface area contributed by atoms with Crippen LogP contribution in [0.1, 0.15) is 16.3 Å². The fraction of sp³-hybridized carbons (Fsp3) is 0.222. The molecular weight excluding hydrogens is 222 g/mol. The molecule has 17 heavy (non-hydrogen) atoms. The molecule has 0 aliphatic rings. The van der Waals surface area contributed by atoms with Crippen molar-refractivity contribution in [3.05, 3.63) is 30.2 Å². The topological polar surface area (TPSA) is 114 Å². The van der Waals surface area contributed by atoms with Gasteiger partial charge in [0.05, 0.1) is 18.9 Å². The number of carbonyl (C=O) groups is 1. The number of carbonyl (C=O) groups excluding carboxylic acids is 1. The average molecular weight is 233 g/mol. The number of nitrogen functional groups attached to an aromatic ring is 1. The van der Waals surface area contributed by atoms with E-state index in [4.69, 9.17) is 5.73 Å². The van der Waals surface area contributed by atoms with Crippen molar-refractivity contribution in [2.45, 2.75) is 6.54 Å². The predicted molar refractivity (Wildman–Crippen MR) is 58.6 cm³/mol. The molecule has 2 rings (SSSR count). The number of hydrogen-bond acceptors (Lipinski definition) is 6. The summed E-state index contributed by atoms with van der Waals surface area (Å²) in [5.74, 6) is 0.623. The molecule has 8 heteroatoms. The molecule has 0 aliphatic carbocycles. The molecule has 0 aliphatic heterocycles. The molecule has 0 saturated carbocycles. The summed E-state index contributed by atoms with van der Waals surface area (Å²) in [5, 5.41) is 6.37. The lowest BCUT2D eigenvalue weighted by molar-refractivity contribution is 0.0775. The number of nitrogens with zero attached hydrogens (tertiary/aromatic N) is 5. The highest BCUT2D eigenvalue weighted by Gasteiger charge is 2.14. The van der Waals surface area contributed by atoms with E-state index >= 15 is 0 Å². The van der Waals surface area contributed by atoms with Crippen molar-refractivity contribution in [3.8, 4) is 0 Å². The van der Waals surface area contributed by atoms with E-state index in [-0.39, 0.29) is 17.4 Å². The molecule has 0 spiro atoms. The molecule has 8 nitrogen and oxygen atoms in total. The number of aromatic amines is 1. The number of anilines is 1. The Bertz CT molecular complexity index is 493. The number of nitrogens with two attached hydrogens (primary N) is 1. The van der Waals surface area contributed by atoms with Crippen molar-refractivity contribution >= 4 is 11.7 Å². The minimum Gasteiger partial charge on any atom is -0.382 e. The van der Waals surface area contributed by atoms with Crippen LogP contribution >= 0.6 is 0 Å². The Labute approximate surface area is 96.9 Å². The van der Waals surface area contributed by atoms with Crippen LogP contribution in [0.15, 0.2) is 18.7 Å². The number of rotatable bonds is 3. The zero-order chi connectivity index (χ0) is 12.3. The Balaban J connectivity index is 2.07. The predicted octanol–water partition coefficient (Wildman–Crippen LogP) is -0.551. The van der Waals surface area contributed by atoms with Crippen molar-refractivity contribution < 1.29 is 4.79 Å². The minimum absolute atomic E-state index is 0.237. The highest BCUT2D eigenvalue weighted by atomic mass is 16.2. The van der Waals surface area contributed by atoms with Crippen LogP contribution in [0.25, 0.3) is 0 Å². The molecule has 1 amide bonds. The molecule has 0 atom stereocenters. The lowest BCUT2D eigenvalue weighted by atomic mass is 10.4. The van der Waals surface area contributed by atoms with Gasteiger partial charge in [0.1, 0.15) is 23.7 Å². The molecule has 2 aromatic rings. The molecule has 2 aromatic heterocycles. The summed E-state index contributed by atoms with van der Waals surface area (Å²) in [5.41, 5.74) is 5.63. The second-order valence-electron chi connectivity index (χ2n) is 3.42. The SMILES string of the molecule is CN(Cc1ncn[nH]1)C(=O)c1cnc(N)cn1. The van der Waals surface area contributed by atoms with Crippen LogP contribution in [0.3, 0.4) is 0 Å². The number of nitrogens with one attached hydrogen (secondary N) is 1. The van der Waals surface area contributed by atoms with E-state index in [0.29, 0.717) is 12.4 Å². The van der Waals surface area contributed by atoms with Crippen molar-refractivity contribution in [2.75, 3.05) is 12.8 Å². The van der Waals surface area contributed by atoms with Crippen LogP contribution in [0.4, 0.5) is 5.82 Å². The van der Waals surface area contributed by atoms with Gasteiger partial charge in [-0.2, -0.15) is 5.10 Å². The first-order valence-corrected chi connectivity index (χ1v) is 4.84. The standard InChI is InChI=1S/C9H11N7O/c1-16(4-8-13-5-14-15-8)9(17)6-2-12-7(10)3-11-6/h2-3,5H,4H2,1H3,(H2,10,12)(H,13,14,15). The van der Waals surface area contributed by atoms with E-state index in [0.717, 1.165) is 0 Å². The van der Waals surface area contributed by atoms with Gasteiger partial charge in [0, 0.05) is 7.05 Å². The normalized spacial score (nSPS) is 10.2. The first-order valence-electron chi connectivity index (χ1n) is 4.84. The molecule has 0 radical (unpaired) electrons. The largest absolute Gasteiger partial charge is 0.382 e. The smallest absolute Gasteiger partial charge is 0.274 e. The fourth-order valence-electron chi connectivity index (χ4n) is 1.25. The van der Waals surface area contributed by atoms with E-state index in [1.165, 1.54) is 23.6 Å². The Kier molecular flexibility index (Phi) is 2.95. The van der Waals surface area contributed by atoms with Crippen LogP contribution in [-0.2, 0) is 6.54 Å². The summed E-state index contributed by atoms with van der Waals surface area (Å²) >= 11 is 0. The molecular formula is C9H11N7O. The lowest BCUT2D eigenvalue weighted by Gasteiger charge is -2.14. The lowest BCUT2D eigenvalue weighted by Crippen LogP contribution is -2.27. The first kappa shape index (κ1) is 11.0. The summed E-state index contributed by atoms with van der Waals surface area (Å²) in [4.78, 5) is 25.0. The maximum absolute atomic E-state index is 11.9. The third kappa shape index (κ3) is 2.54. The van der Waals surface area contributed by atoms with Crippen LogP contribution in [0.5, 0.6) is 0 Å². The van der Waals surface area contributed by atoms with E-state index in [9.17, 15) is 4.79 Å². The van der Waals surface area contributed by atoms with Crippen molar-refractivity contribution in [1.82, 2.24) is 30.0 Å². The van der Waals surface area contributed by atoms with Gasteiger partial charge in [0.2, 0.25) is 0 Å². The molecule has 0 saturated heterocycles. The summed E-state index contributed by atoms with van der Waals surface area (Å²) in [7, 11) is 1.64. The zero-order valence-corrected chi connectivity index (χ0v) is 9.16. The molecule has 0 unspecified atom stereocenters. The number of H-pyrrole nitrogens is 1. The van der Waals surface area contributed by atoms with Gasteiger partial charge >= 0.3 is 0 Å². The Morgan fingerprint density at radius 1 is 1.41 bits per heavy atom. The van der Waals surface area contributed by atoms with E-state index < -0.39 is 0 Å². The highest BCUT2D eigenvalue weighted by molar-refractivity contribution is 5.91. The minimum atomic E-state index is -0.256. The average Bonchev–Trinajstić information content (AvgIpc) is 2.82. The van der Waals surface area contributed by atoms with Gasteiger partial charge in [0.25, 0.3) is 5.91 Å². The van der Waals surface area contributed by atoms with Gasteiger partial charge in [-0.1, -0.05) is 0 Å². The summed E-state index contributed by atoms with van der Waals surface area (Å²) in [6, 6.07) is 0. The van der Waals surface area contributed by atoms with Gasteiger partial charge in [-0.05, 0) is 0 Å². The Morgan fingerprint density at radius 3 is 2.82 bits per heavy atom. The van der Waals surface area contributed by atoms with Crippen molar-refractivity contribution in [3.63, 3.8) is 0 Å². The first-order chi connectivity index (χ1) is 8.16. The Hall–Kier alpha value is -2.51. The second kappa shape index (κ2) is 4.56. The third-order valence-electron chi connectivity index (χ3n) is 2.09. The van der Waals surface area contributed by atoms with E-state index in [1.54, 1.807) is 7.05 Å². The van der Waals surface area contributed by atoms with Gasteiger partial charge in [0.15, 0.2) is 0 Å². The highest BCUT2D eigenvalue weighted by Crippen LogP contribution is 2.03. The molecule has 0 fully saturated rings. The third-order valence-corrected chi connectivity index (χ3v) is 2.09. The van der Waals surface area contributed by atoms with E-state index in [2.05, 4.69) is 25.1 Å². The second-order valence-corrected chi connectivity index (χ2v) is 3.42. The Morgan fingerprint density at radius 2 is 2.24 bits per heavy atom. The maximum atomic E-state index is 11.9. The molecule has 2 heterocycles. The van der Waals surface area contributed by atoms with Crippen LogP contribution in [-0.4, -0.2) is 43.0 Å². The number of aromatic nitrogens is 5. The van der Waals surface area contributed by atoms with Crippen LogP contribution in [0, 0.1) is 0 Å². The van der Waals surface area contributed by atoms with Crippen LogP contribution in [0.2, 0.25) is 0 Å². The van der Waals surface area contributed by atoms with Gasteiger partial charge in [-0.25, -0.2) is 15.0 Å². The van der Waals surface area contributed by atoms with Gasteiger partial charge < -0.3 is 10.6 Å². The number of amides is 1. The molecule has 88 valence electrons. The number of hydrogen-bond donors (Lipinski definition) is 2. The monoisotopic (exact) mass is 233 g/mol. The summed E-state index contributed by atoms with van der Waals surface area (Å²) in [6.07, 6.45) is 4.07. The molecule has 0 bridgehead atoms. The molecule has 0 aromatic carbocycles. The van der Waals surface area contributed by atoms with Crippen LogP contribution < -0.4 is 5.73 Å². The van der Waals surface area contributed by atoms with E-state index in [1.807, 2.05) is 0 Å². The van der Waals surface area contributed by atoms with Gasteiger partial charge in [-0.15, -0.1) is 0 Å². The molecule has 3 N–H and O–H groups in total. The van der Waals surface area contributed by atoms with Crippen molar-refractivity contribution in [1.29, 1.82) is 0 Å². The zero-order valence-electron chi connectivity index (χ0n) is 9.16. The van der Waals surface area contributed by atoms with Gasteiger partial charge in [-0.3, -0.25) is 9.89 Å². The quantitative estimate of drug-likeness (QED) is 0.735. The summed E-state index contributed by atoms with van der Waals surface area (Å²) in [6.45, 7) is 0.324. The summed E-state index contributed by atoms with van der Waals surface area (Å²) < 4.78 is 0.